The van der Waals surface area contributed by atoms with Crippen LogP contribution in [0.3, 0.4) is 0 Å². The standard InChI is InChI=1S/C11H15NO4/c1-5(13)12-7-4-6(10(12)14)8-9(7)16-11(2,3)15-8/h6-9H,4H2,1-3H3/t6-,7+,8+,9-/m0/s1. The van der Waals surface area contributed by atoms with Crippen LogP contribution < -0.4 is 0 Å². The van der Waals surface area contributed by atoms with Crippen molar-refractivity contribution >= 4 is 11.8 Å². The summed E-state index contributed by atoms with van der Waals surface area (Å²) in [5.41, 5.74) is 0. The lowest BCUT2D eigenvalue weighted by Crippen LogP contribution is -2.52. The first-order chi connectivity index (χ1) is 7.41. The van der Waals surface area contributed by atoms with Gasteiger partial charge in [0.15, 0.2) is 5.79 Å². The molecular formula is C11H15NO4. The van der Waals surface area contributed by atoms with E-state index >= 15 is 0 Å². The number of likely N-dealkylation sites (tertiary alicyclic amines) is 1. The fourth-order valence-corrected chi connectivity index (χ4v) is 3.18. The number of rotatable bonds is 0. The van der Waals surface area contributed by atoms with Crippen molar-refractivity contribution in [2.24, 2.45) is 5.92 Å². The number of imide groups is 1. The molecule has 3 aliphatic rings. The molecule has 0 radical (unpaired) electrons. The van der Waals surface area contributed by atoms with Gasteiger partial charge in [-0.3, -0.25) is 14.5 Å². The molecule has 0 aromatic rings. The van der Waals surface area contributed by atoms with Crippen LogP contribution in [0.15, 0.2) is 0 Å². The van der Waals surface area contributed by atoms with Crippen molar-refractivity contribution in [1.82, 2.24) is 4.90 Å². The molecule has 2 aliphatic heterocycles. The normalized spacial score (nSPS) is 43.9. The quantitative estimate of drug-likeness (QED) is 0.594. The predicted molar refractivity (Wildman–Crippen MR) is 53.2 cm³/mol. The van der Waals surface area contributed by atoms with Gasteiger partial charge in [-0.05, 0) is 20.3 Å². The number of nitrogens with zero attached hydrogens (tertiary/aromatic N) is 1. The van der Waals surface area contributed by atoms with Crippen LogP contribution >= 0.6 is 0 Å². The molecule has 3 rings (SSSR count). The van der Waals surface area contributed by atoms with Gasteiger partial charge in [0.25, 0.3) is 0 Å². The molecule has 1 aliphatic carbocycles. The Kier molecular flexibility index (Phi) is 1.82. The number of fused-ring (bicyclic) bond motifs is 5. The van der Waals surface area contributed by atoms with Gasteiger partial charge < -0.3 is 9.47 Å². The highest BCUT2D eigenvalue weighted by atomic mass is 16.8. The Hall–Kier alpha value is -0.940. The van der Waals surface area contributed by atoms with Gasteiger partial charge >= 0.3 is 0 Å². The smallest absolute Gasteiger partial charge is 0.235 e. The Morgan fingerprint density at radius 3 is 2.62 bits per heavy atom. The van der Waals surface area contributed by atoms with Crippen LogP contribution in [-0.2, 0) is 19.1 Å². The summed E-state index contributed by atoms with van der Waals surface area (Å²) in [6, 6.07) is -0.123. The predicted octanol–water partition coefficient (Wildman–Crippen LogP) is 0.284. The molecule has 0 aromatic heterocycles. The molecule has 0 aromatic carbocycles. The van der Waals surface area contributed by atoms with E-state index in [9.17, 15) is 9.59 Å². The number of carbonyl (C=O) groups excluding carboxylic acids is 2. The molecule has 2 amide bonds. The first-order valence-corrected chi connectivity index (χ1v) is 5.60. The van der Waals surface area contributed by atoms with E-state index in [1.165, 1.54) is 11.8 Å². The maximum absolute atomic E-state index is 11.9. The highest BCUT2D eigenvalue weighted by molar-refractivity contribution is 5.98. The summed E-state index contributed by atoms with van der Waals surface area (Å²) in [6.45, 7) is 5.11. The Morgan fingerprint density at radius 2 is 2.00 bits per heavy atom. The van der Waals surface area contributed by atoms with Crippen molar-refractivity contribution in [1.29, 1.82) is 0 Å². The number of carbonyl (C=O) groups is 2. The largest absolute Gasteiger partial charge is 0.344 e. The number of piperidine rings is 1. The van der Waals surface area contributed by atoms with E-state index in [0.29, 0.717) is 6.42 Å². The van der Waals surface area contributed by atoms with E-state index in [1.54, 1.807) is 0 Å². The second kappa shape index (κ2) is 2.84. The summed E-state index contributed by atoms with van der Waals surface area (Å²) in [6.07, 6.45) is 0.383. The SMILES string of the molecule is CC(=O)N1C(=O)[C@H]2C[C@@H]1[C@@H]1OC(C)(C)O[C@@H]12. The van der Waals surface area contributed by atoms with Crippen molar-refractivity contribution in [2.45, 2.75) is 51.2 Å². The lowest BCUT2D eigenvalue weighted by Gasteiger charge is -2.30. The van der Waals surface area contributed by atoms with Crippen molar-refractivity contribution in [2.75, 3.05) is 0 Å². The molecule has 0 unspecified atom stereocenters. The van der Waals surface area contributed by atoms with Crippen LogP contribution in [-0.4, -0.2) is 40.8 Å². The van der Waals surface area contributed by atoms with Crippen molar-refractivity contribution in [3.05, 3.63) is 0 Å². The first-order valence-electron chi connectivity index (χ1n) is 5.60. The topological polar surface area (TPSA) is 55.8 Å². The van der Waals surface area contributed by atoms with E-state index in [-0.39, 0.29) is 36.0 Å². The van der Waals surface area contributed by atoms with Crippen LogP contribution in [0, 0.1) is 5.92 Å². The second-order valence-electron chi connectivity index (χ2n) is 5.20. The summed E-state index contributed by atoms with van der Waals surface area (Å²) < 4.78 is 11.5. The number of amides is 2. The molecule has 1 saturated carbocycles. The molecule has 5 nitrogen and oxygen atoms in total. The molecule has 4 atom stereocenters. The molecule has 5 heteroatoms. The summed E-state index contributed by atoms with van der Waals surface area (Å²) in [4.78, 5) is 24.7. The average Bonchev–Trinajstić information content (AvgIpc) is 2.70. The van der Waals surface area contributed by atoms with Crippen molar-refractivity contribution in [3.8, 4) is 0 Å². The minimum absolute atomic E-state index is 0.0972. The summed E-state index contributed by atoms with van der Waals surface area (Å²) in [7, 11) is 0. The van der Waals surface area contributed by atoms with E-state index in [0.717, 1.165) is 0 Å². The Labute approximate surface area is 93.7 Å². The molecule has 0 N–H and O–H groups in total. The zero-order chi connectivity index (χ0) is 11.7. The van der Waals surface area contributed by atoms with Gasteiger partial charge in [-0.2, -0.15) is 0 Å². The number of hydrogen-bond acceptors (Lipinski definition) is 4. The third kappa shape index (κ3) is 1.13. The summed E-state index contributed by atoms with van der Waals surface area (Å²) in [5.74, 6) is -1.12. The molecule has 2 heterocycles. The summed E-state index contributed by atoms with van der Waals surface area (Å²) in [5, 5.41) is 0. The lowest BCUT2D eigenvalue weighted by molar-refractivity contribution is -0.157. The molecule has 88 valence electrons. The summed E-state index contributed by atoms with van der Waals surface area (Å²) >= 11 is 0. The first kappa shape index (κ1) is 10.2. The third-order valence-electron chi connectivity index (χ3n) is 3.66. The third-order valence-corrected chi connectivity index (χ3v) is 3.66. The van der Waals surface area contributed by atoms with E-state index in [1.807, 2.05) is 13.8 Å². The van der Waals surface area contributed by atoms with Gasteiger partial charge in [-0.1, -0.05) is 0 Å². The second-order valence-corrected chi connectivity index (χ2v) is 5.20. The molecule has 16 heavy (non-hydrogen) atoms. The van der Waals surface area contributed by atoms with Crippen LogP contribution in [0.25, 0.3) is 0 Å². The van der Waals surface area contributed by atoms with Crippen molar-refractivity contribution < 1.29 is 19.1 Å². The molecule has 2 bridgehead atoms. The molecule has 2 saturated heterocycles. The average molecular weight is 225 g/mol. The minimum Gasteiger partial charge on any atom is -0.344 e. The molecule has 0 spiro atoms. The molecule has 3 fully saturated rings. The van der Waals surface area contributed by atoms with Crippen LogP contribution in [0.5, 0.6) is 0 Å². The maximum Gasteiger partial charge on any atom is 0.235 e. The van der Waals surface area contributed by atoms with Gasteiger partial charge in [0, 0.05) is 6.92 Å². The van der Waals surface area contributed by atoms with Crippen molar-refractivity contribution in [3.63, 3.8) is 0 Å². The number of ether oxygens (including phenoxy) is 2. The zero-order valence-corrected chi connectivity index (χ0v) is 9.60. The van der Waals surface area contributed by atoms with Gasteiger partial charge in [-0.15, -0.1) is 0 Å². The van der Waals surface area contributed by atoms with E-state index in [2.05, 4.69) is 0 Å². The fourth-order valence-electron chi connectivity index (χ4n) is 3.18. The minimum atomic E-state index is -0.640. The van der Waals surface area contributed by atoms with Crippen LogP contribution in [0.2, 0.25) is 0 Å². The molecular weight excluding hydrogens is 210 g/mol. The van der Waals surface area contributed by atoms with Crippen LogP contribution in [0.1, 0.15) is 27.2 Å². The maximum atomic E-state index is 11.9. The van der Waals surface area contributed by atoms with E-state index < -0.39 is 5.79 Å². The van der Waals surface area contributed by atoms with Crippen LogP contribution in [0.4, 0.5) is 0 Å². The highest BCUT2D eigenvalue weighted by Gasteiger charge is 2.64. The van der Waals surface area contributed by atoms with Gasteiger partial charge in [-0.25, -0.2) is 0 Å². The lowest BCUT2D eigenvalue weighted by atomic mass is 10.0. The van der Waals surface area contributed by atoms with E-state index in [4.69, 9.17) is 9.47 Å². The number of hydrogen-bond donors (Lipinski definition) is 0. The van der Waals surface area contributed by atoms with Gasteiger partial charge in [0.05, 0.1) is 12.0 Å². The Bertz CT molecular complexity index is 378. The Morgan fingerprint density at radius 1 is 1.38 bits per heavy atom. The van der Waals surface area contributed by atoms with Gasteiger partial charge in [0.2, 0.25) is 11.8 Å². The monoisotopic (exact) mass is 225 g/mol. The fraction of sp³-hybridized carbons (Fsp3) is 0.818. The van der Waals surface area contributed by atoms with Gasteiger partial charge in [0.1, 0.15) is 12.2 Å². The zero-order valence-electron chi connectivity index (χ0n) is 9.60. The Balaban J connectivity index is 1.92. The highest BCUT2D eigenvalue weighted by Crippen LogP contribution is 2.48.